The van der Waals surface area contributed by atoms with Crippen molar-refractivity contribution < 1.29 is 4.79 Å². The van der Waals surface area contributed by atoms with Gasteiger partial charge in [0.2, 0.25) is 0 Å². The molecular weight excluding hydrogens is 466 g/mol. The fourth-order valence-electron chi connectivity index (χ4n) is 3.99. The molecule has 2 aromatic heterocycles. The second kappa shape index (κ2) is 10.2. The Labute approximate surface area is 206 Å². The molecule has 0 radical (unpaired) electrons. The predicted octanol–water partition coefficient (Wildman–Crippen LogP) is 5.79. The largest absolute Gasteiger partial charge is 0.361 e. The van der Waals surface area contributed by atoms with Gasteiger partial charge in [-0.05, 0) is 41.0 Å². The van der Waals surface area contributed by atoms with Crippen molar-refractivity contribution in [2.45, 2.75) is 16.8 Å². The van der Waals surface area contributed by atoms with Crippen LogP contribution in [-0.2, 0) is 5.75 Å². The number of aromatic amines is 2. The normalized spacial score (nSPS) is 12.0. The first kappa shape index (κ1) is 22.3. The number of carbonyl (C=O) groups excluding carboxylic acids is 1. The fraction of sp³-hybridized carbons (Fsp3) is 0.115. The molecule has 170 valence electrons. The first-order valence-electron chi connectivity index (χ1n) is 10.8. The van der Waals surface area contributed by atoms with Crippen molar-refractivity contribution in [3.63, 3.8) is 0 Å². The van der Waals surface area contributed by atoms with Crippen LogP contribution in [0.15, 0.2) is 90.5 Å². The van der Waals surface area contributed by atoms with Crippen molar-refractivity contribution in [3.05, 3.63) is 113 Å². The van der Waals surface area contributed by atoms with Crippen LogP contribution in [0.25, 0.3) is 10.9 Å². The summed E-state index contributed by atoms with van der Waals surface area (Å²) in [6, 6.07) is 23.6. The van der Waals surface area contributed by atoms with Crippen LogP contribution >= 0.6 is 23.4 Å². The molecule has 0 fully saturated rings. The summed E-state index contributed by atoms with van der Waals surface area (Å²) < 4.78 is 0. The maximum atomic E-state index is 13.0. The summed E-state index contributed by atoms with van der Waals surface area (Å²) >= 11 is 8.13. The van der Waals surface area contributed by atoms with Gasteiger partial charge in [-0.15, -0.1) is 0 Å². The summed E-state index contributed by atoms with van der Waals surface area (Å²) in [5, 5.41) is 12.4. The third-order valence-corrected chi connectivity index (χ3v) is 7.02. The molecule has 1 atom stereocenters. The number of para-hydroxylation sites is 1. The topological polar surface area (TPSA) is 86.5 Å². The van der Waals surface area contributed by atoms with E-state index in [0.717, 1.165) is 38.5 Å². The van der Waals surface area contributed by atoms with Crippen molar-refractivity contribution in [3.8, 4) is 0 Å². The van der Waals surface area contributed by atoms with Gasteiger partial charge in [-0.3, -0.25) is 9.89 Å². The van der Waals surface area contributed by atoms with E-state index in [9.17, 15) is 4.79 Å². The van der Waals surface area contributed by atoms with E-state index in [1.165, 1.54) is 6.33 Å². The number of halogens is 1. The van der Waals surface area contributed by atoms with Crippen LogP contribution in [0.3, 0.4) is 0 Å². The lowest BCUT2D eigenvalue weighted by Gasteiger charge is -2.19. The van der Waals surface area contributed by atoms with Gasteiger partial charge in [0.15, 0.2) is 5.16 Å². The van der Waals surface area contributed by atoms with E-state index >= 15 is 0 Å². The average Bonchev–Trinajstić information content (AvgIpc) is 3.54. The van der Waals surface area contributed by atoms with Crippen LogP contribution in [0.5, 0.6) is 0 Å². The lowest BCUT2D eigenvalue weighted by atomic mass is 9.90. The van der Waals surface area contributed by atoms with Crippen LogP contribution in [0, 0.1) is 0 Å². The Kier molecular flexibility index (Phi) is 6.65. The van der Waals surface area contributed by atoms with Crippen molar-refractivity contribution in [2.75, 3.05) is 6.54 Å². The second-order valence-corrected chi connectivity index (χ2v) is 9.22. The SMILES string of the molecule is O=C(NCC(c1ccccc1Cl)c1c[nH]c2ccccc12)c1ccc(CSc2ncn[nH]2)cc1. The minimum absolute atomic E-state index is 0.0913. The van der Waals surface area contributed by atoms with Crippen LogP contribution < -0.4 is 5.32 Å². The van der Waals surface area contributed by atoms with Crippen LogP contribution in [0.2, 0.25) is 5.02 Å². The molecule has 1 unspecified atom stereocenters. The maximum Gasteiger partial charge on any atom is 0.251 e. The van der Waals surface area contributed by atoms with E-state index in [-0.39, 0.29) is 11.8 Å². The van der Waals surface area contributed by atoms with Gasteiger partial charge >= 0.3 is 0 Å². The van der Waals surface area contributed by atoms with E-state index in [1.54, 1.807) is 11.8 Å². The summed E-state index contributed by atoms with van der Waals surface area (Å²) in [7, 11) is 0. The number of benzene rings is 3. The van der Waals surface area contributed by atoms with Gasteiger partial charge in [0.1, 0.15) is 6.33 Å². The van der Waals surface area contributed by atoms with Crippen molar-refractivity contribution in [1.82, 2.24) is 25.5 Å². The Bertz CT molecular complexity index is 1400. The first-order valence-corrected chi connectivity index (χ1v) is 12.2. The molecule has 5 aromatic rings. The van der Waals surface area contributed by atoms with E-state index in [4.69, 9.17) is 11.6 Å². The number of fused-ring (bicyclic) bond motifs is 1. The molecule has 6 nitrogen and oxygen atoms in total. The number of aromatic nitrogens is 4. The molecule has 5 rings (SSSR count). The van der Waals surface area contributed by atoms with Crippen molar-refractivity contribution in [2.24, 2.45) is 0 Å². The lowest BCUT2D eigenvalue weighted by Crippen LogP contribution is -2.29. The van der Waals surface area contributed by atoms with E-state index in [1.807, 2.05) is 72.9 Å². The zero-order chi connectivity index (χ0) is 23.3. The number of amides is 1. The number of hydrogen-bond acceptors (Lipinski definition) is 4. The summed E-state index contributed by atoms with van der Waals surface area (Å²) in [6.07, 6.45) is 3.49. The predicted molar refractivity (Wildman–Crippen MR) is 136 cm³/mol. The van der Waals surface area contributed by atoms with Gasteiger partial charge in [-0.25, -0.2) is 4.98 Å². The molecule has 0 saturated carbocycles. The van der Waals surface area contributed by atoms with Crippen LogP contribution in [0.4, 0.5) is 0 Å². The molecule has 8 heteroatoms. The highest BCUT2D eigenvalue weighted by atomic mass is 35.5. The minimum atomic E-state index is -0.119. The van der Waals surface area contributed by atoms with Gasteiger partial charge in [0, 0.05) is 45.9 Å². The van der Waals surface area contributed by atoms with E-state index in [0.29, 0.717) is 17.1 Å². The maximum absolute atomic E-state index is 13.0. The number of carbonyl (C=O) groups is 1. The first-order chi connectivity index (χ1) is 16.7. The zero-order valence-electron chi connectivity index (χ0n) is 18.2. The van der Waals surface area contributed by atoms with E-state index < -0.39 is 0 Å². The van der Waals surface area contributed by atoms with Crippen LogP contribution in [-0.4, -0.2) is 32.6 Å². The molecule has 0 spiro atoms. The zero-order valence-corrected chi connectivity index (χ0v) is 19.7. The van der Waals surface area contributed by atoms with Gasteiger partial charge in [0.05, 0.1) is 0 Å². The Morgan fingerprint density at radius 2 is 1.79 bits per heavy atom. The molecule has 0 aliphatic carbocycles. The summed E-state index contributed by atoms with van der Waals surface area (Å²) in [5.74, 6) is 0.532. The fourth-order valence-corrected chi connectivity index (χ4v) is 4.99. The summed E-state index contributed by atoms with van der Waals surface area (Å²) in [6.45, 7) is 0.424. The molecule has 0 bridgehead atoms. The quantitative estimate of drug-likeness (QED) is 0.242. The average molecular weight is 488 g/mol. The molecule has 3 N–H and O–H groups in total. The van der Waals surface area contributed by atoms with Crippen molar-refractivity contribution >= 4 is 40.2 Å². The minimum Gasteiger partial charge on any atom is -0.361 e. The number of thioether (sulfide) groups is 1. The standard InChI is InChI=1S/C26H22ClN5OS/c27-23-7-3-1-5-19(23)21(22-13-28-24-8-4-2-6-20(22)24)14-29-25(33)18-11-9-17(10-12-18)15-34-26-30-16-31-32-26/h1-13,16,21,28H,14-15H2,(H,29,33)(H,30,31,32). The number of nitrogens with one attached hydrogen (secondary N) is 3. The van der Waals surface area contributed by atoms with Gasteiger partial charge in [0.25, 0.3) is 5.91 Å². The highest BCUT2D eigenvalue weighted by molar-refractivity contribution is 7.98. The molecule has 34 heavy (non-hydrogen) atoms. The highest BCUT2D eigenvalue weighted by Gasteiger charge is 2.21. The molecule has 3 aromatic carbocycles. The molecular formula is C26H22ClN5OS. The number of H-pyrrole nitrogens is 2. The molecule has 1 amide bonds. The molecule has 0 aliphatic heterocycles. The summed E-state index contributed by atoms with van der Waals surface area (Å²) in [5.41, 5.74) is 4.86. The number of rotatable bonds is 8. The third-order valence-electron chi connectivity index (χ3n) is 5.73. The lowest BCUT2D eigenvalue weighted by molar-refractivity contribution is 0.0952. The van der Waals surface area contributed by atoms with Gasteiger partial charge in [-0.2, -0.15) is 5.10 Å². The molecule has 0 saturated heterocycles. The smallest absolute Gasteiger partial charge is 0.251 e. The molecule has 0 aliphatic rings. The number of hydrogen-bond donors (Lipinski definition) is 3. The summed E-state index contributed by atoms with van der Waals surface area (Å²) in [4.78, 5) is 20.4. The second-order valence-electron chi connectivity index (χ2n) is 7.85. The highest BCUT2D eigenvalue weighted by Crippen LogP contribution is 2.34. The Hall–Kier alpha value is -3.55. The molecule has 2 heterocycles. The van der Waals surface area contributed by atoms with Gasteiger partial charge < -0.3 is 10.3 Å². The number of nitrogens with zero attached hydrogens (tertiary/aromatic N) is 2. The van der Waals surface area contributed by atoms with Crippen LogP contribution in [0.1, 0.15) is 33.0 Å². The van der Waals surface area contributed by atoms with Gasteiger partial charge in [-0.1, -0.05) is 71.9 Å². The monoisotopic (exact) mass is 487 g/mol. The Balaban J connectivity index is 1.32. The van der Waals surface area contributed by atoms with Crippen molar-refractivity contribution in [1.29, 1.82) is 0 Å². The third kappa shape index (κ3) is 4.85. The Morgan fingerprint density at radius 1 is 1.00 bits per heavy atom. The Morgan fingerprint density at radius 3 is 2.59 bits per heavy atom. The van der Waals surface area contributed by atoms with E-state index in [2.05, 4.69) is 31.5 Å².